The van der Waals surface area contributed by atoms with Crippen LogP contribution in [0.15, 0.2) is 32.3 Å². The van der Waals surface area contributed by atoms with Crippen LogP contribution in [0, 0.1) is 0 Å². The average molecular weight is 316 g/mol. The summed E-state index contributed by atoms with van der Waals surface area (Å²) < 4.78 is 32.0. The lowest BCUT2D eigenvalue weighted by atomic mass is 10.3. The molecule has 0 aliphatic carbocycles. The zero-order valence-electron chi connectivity index (χ0n) is 10.8. The van der Waals surface area contributed by atoms with E-state index in [4.69, 9.17) is 14.6 Å². The Bertz CT molecular complexity index is 849. The molecule has 9 nitrogen and oxygen atoms in total. The fraction of sp³-hybridized carbons (Fsp3) is 0.273. The second kappa shape index (κ2) is 5.31. The first kappa shape index (κ1) is 15.2. The summed E-state index contributed by atoms with van der Waals surface area (Å²) in [5.41, 5.74) is 0.456. The molecule has 0 aliphatic heterocycles. The molecule has 2 rings (SSSR count). The summed E-state index contributed by atoms with van der Waals surface area (Å²) in [6.45, 7) is -0.892. The van der Waals surface area contributed by atoms with Gasteiger partial charge in [0.1, 0.15) is 6.04 Å². The number of rotatable bonds is 5. The summed E-state index contributed by atoms with van der Waals surface area (Å²) in [5.74, 6) is -2.15. The lowest BCUT2D eigenvalue weighted by Gasteiger charge is -2.12. The molecule has 0 fully saturated rings. The van der Waals surface area contributed by atoms with Crippen molar-refractivity contribution in [1.82, 2.24) is 9.29 Å². The summed E-state index contributed by atoms with van der Waals surface area (Å²) in [6.07, 6.45) is 0. The van der Waals surface area contributed by atoms with Gasteiger partial charge in [-0.15, -0.1) is 0 Å². The number of nitrogens with zero attached hydrogens (tertiary/aromatic N) is 1. The average Bonchev–Trinajstić information content (AvgIpc) is 2.70. The summed E-state index contributed by atoms with van der Waals surface area (Å²) in [4.78, 5) is 21.8. The summed E-state index contributed by atoms with van der Waals surface area (Å²) in [5, 5.41) is 17.6. The number of fused-ring (bicyclic) bond motifs is 1. The van der Waals surface area contributed by atoms with Gasteiger partial charge in [0.15, 0.2) is 5.58 Å². The molecule has 1 heterocycles. The molecule has 3 N–H and O–H groups in total. The molecule has 0 saturated carbocycles. The maximum atomic E-state index is 12.0. The largest absolute Gasteiger partial charge is 0.480 e. The number of aliphatic carboxylic acids is 1. The van der Waals surface area contributed by atoms with Gasteiger partial charge in [-0.3, -0.25) is 9.36 Å². The van der Waals surface area contributed by atoms with E-state index >= 15 is 0 Å². The van der Waals surface area contributed by atoms with Crippen molar-refractivity contribution in [2.24, 2.45) is 7.05 Å². The number of aliphatic hydroxyl groups is 1. The van der Waals surface area contributed by atoms with Crippen LogP contribution in [0.25, 0.3) is 11.1 Å². The Morgan fingerprint density at radius 3 is 2.71 bits per heavy atom. The van der Waals surface area contributed by atoms with Gasteiger partial charge < -0.3 is 14.6 Å². The van der Waals surface area contributed by atoms with Gasteiger partial charge in [0.2, 0.25) is 10.0 Å². The number of aliphatic hydroxyl groups excluding tert-OH is 1. The van der Waals surface area contributed by atoms with Crippen LogP contribution in [0.4, 0.5) is 0 Å². The third kappa shape index (κ3) is 2.82. The highest BCUT2D eigenvalue weighted by Crippen LogP contribution is 2.18. The van der Waals surface area contributed by atoms with Crippen molar-refractivity contribution in [1.29, 1.82) is 0 Å². The second-order valence-electron chi connectivity index (χ2n) is 4.25. The fourth-order valence-electron chi connectivity index (χ4n) is 1.70. The van der Waals surface area contributed by atoms with E-state index in [0.29, 0.717) is 5.52 Å². The van der Waals surface area contributed by atoms with Crippen LogP contribution in [0.2, 0.25) is 0 Å². The zero-order valence-corrected chi connectivity index (χ0v) is 11.6. The Balaban J connectivity index is 2.45. The van der Waals surface area contributed by atoms with E-state index in [1.165, 1.54) is 23.7 Å². The Morgan fingerprint density at radius 2 is 2.14 bits per heavy atom. The predicted molar refractivity (Wildman–Crippen MR) is 70.3 cm³/mol. The van der Waals surface area contributed by atoms with Gasteiger partial charge in [-0.2, -0.15) is 4.72 Å². The van der Waals surface area contributed by atoms with Crippen LogP contribution in [0.3, 0.4) is 0 Å². The molecule has 0 aliphatic rings. The highest BCUT2D eigenvalue weighted by molar-refractivity contribution is 7.89. The van der Waals surface area contributed by atoms with E-state index < -0.39 is 34.4 Å². The molecule has 2 aromatic rings. The van der Waals surface area contributed by atoms with Crippen molar-refractivity contribution in [3.05, 3.63) is 28.7 Å². The predicted octanol–water partition coefficient (Wildman–Crippen LogP) is -1.14. The lowest BCUT2D eigenvalue weighted by Crippen LogP contribution is -2.43. The molecular formula is C11H12N2O7S. The van der Waals surface area contributed by atoms with E-state index in [1.54, 1.807) is 0 Å². The van der Waals surface area contributed by atoms with Gasteiger partial charge in [-0.25, -0.2) is 13.2 Å². The van der Waals surface area contributed by atoms with Crippen molar-refractivity contribution in [3.8, 4) is 0 Å². The number of hydrogen-bond donors (Lipinski definition) is 3. The van der Waals surface area contributed by atoms with Gasteiger partial charge in [-0.05, 0) is 12.1 Å². The number of carbonyl (C=O) groups is 1. The lowest BCUT2D eigenvalue weighted by molar-refractivity contribution is -0.139. The maximum Gasteiger partial charge on any atom is 0.419 e. The number of carboxylic acid groups (broad SMARTS) is 1. The van der Waals surface area contributed by atoms with Crippen LogP contribution < -0.4 is 10.5 Å². The molecule has 10 heteroatoms. The molecule has 1 aromatic carbocycles. The Hall–Kier alpha value is -2.17. The highest BCUT2D eigenvalue weighted by Gasteiger charge is 2.25. The first-order chi connectivity index (χ1) is 9.76. The Morgan fingerprint density at radius 1 is 1.48 bits per heavy atom. The van der Waals surface area contributed by atoms with Crippen LogP contribution in [0.1, 0.15) is 0 Å². The molecule has 0 saturated heterocycles. The molecular weight excluding hydrogens is 304 g/mol. The summed E-state index contributed by atoms with van der Waals surface area (Å²) in [6, 6.07) is 2.02. The minimum atomic E-state index is -4.17. The highest BCUT2D eigenvalue weighted by atomic mass is 32.2. The number of aryl methyl sites for hydroxylation is 1. The van der Waals surface area contributed by atoms with Crippen molar-refractivity contribution >= 4 is 27.1 Å². The number of hydrogen-bond acceptors (Lipinski definition) is 6. The summed E-state index contributed by atoms with van der Waals surface area (Å²) in [7, 11) is -2.71. The third-order valence-corrected chi connectivity index (χ3v) is 4.32. The minimum absolute atomic E-state index is 0.0567. The molecule has 1 atom stereocenters. The maximum absolute atomic E-state index is 12.0. The van der Waals surface area contributed by atoms with E-state index in [2.05, 4.69) is 0 Å². The van der Waals surface area contributed by atoms with E-state index in [1.807, 2.05) is 4.72 Å². The summed E-state index contributed by atoms with van der Waals surface area (Å²) >= 11 is 0. The molecule has 1 aromatic heterocycles. The number of aromatic nitrogens is 1. The molecule has 114 valence electrons. The van der Waals surface area contributed by atoms with Crippen molar-refractivity contribution in [3.63, 3.8) is 0 Å². The van der Waals surface area contributed by atoms with Crippen molar-refractivity contribution in [2.45, 2.75) is 10.9 Å². The van der Waals surface area contributed by atoms with Crippen LogP contribution in [-0.2, 0) is 21.9 Å². The number of benzene rings is 1. The molecule has 0 bridgehead atoms. The molecule has 21 heavy (non-hydrogen) atoms. The van der Waals surface area contributed by atoms with Crippen LogP contribution in [-0.4, -0.2) is 41.8 Å². The standard InChI is InChI=1S/C11H12N2O7S/c1-13-8-3-2-6(4-9(8)20-11(13)17)21(18,19)12-7(5-14)10(15)16/h2-4,7,12,14H,5H2,1H3,(H,15,16)/t7-/m1/s1. The quantitative estimate of drug-likeness (QED) is 0.633. The Kier molecular flexibility index (Phi) is 3.85. The van der Waals surface area contributed by atoms with Gasteiger partial charge in [0.05, 0.1) is 17.0 Å². The van der Waals surface area contributed by atoms with Crippen LogP contribution >= 0.6 is 0 Å². The SMILES string of the molecule is Cn1c(=O)oc2cc(S(=O)(=O)N[C@H](CO)C(=O)O)ccc21. The third-order valence-electron chi connectivity index (χ3n) is 2.85. The smallest absolute Gasteiger partial charge is 0.419 e. The minimum Gasteiger partial charge on any atom is -0.480 e. The zero-order chi connectivity index (χ0) is 15.8. The number of oxazole rings is 1. The van der Waals surface area contributed by atoms with Gasteiger partial charge in [0, 0.05) is 13.1 Å². The van der Waals surface area contributed by atoms with Gasteiger partial charge in [0.25, 0.3) is 0 Å². The molecule has 0 radical (unpaired) electrons. The monoisotopic (exact) mass is 316 g/mol. The Labute approximate surface area is 118 Å². The molecule has 0 spiro atoms. The second-order valence-corrected chi connectivity index (χ2v) is 5.97. The van der Waals surface area contributed by atoms with Crippen LogP contribution in [0.5, 0.6) is 0 Å². The topological polar surface area (TPSA) is 139 Å². The van der Waals surface area contributed by atoms with E-state index in [-0.39, 0.29) is 10.5 Å². The van der Waals surface area contributed by atoms with E-state index in [9.17, 15) is 18.0 Å². The van der Waals surface area contributed by atoms with Gasteiger partial charge in [-0.1, -0.05) is 0 Å². The number of nitrogens with one attached hydrogen (secondary N) is 1. The van der Waals surface area contributed by atoms with E-state index in [0.717, 1.165) is 6.07 Å². The van der Waals surface area contributed by atoms with Crippen molar-refractivity contribution in [2.75, 3.05) is 6.61 Å². The van der Waals surface area contributed by atoms with Crippen molar-refractivity contribution < 1.29 is 27.8 Å². The first-order valence-electron chi connectivity index (χ1n) is 5.72. The number of carboxylic acids is 1. The number of sulfonamides is 1. The molecule has 0 amide bonds. The molecule has 0 unspecified atom stereocenters. The normalized spacial score (nSPS) is 13.4. The fourth-order valence-corrected chi connectivity index (χ4v) is 2.90. The first-order valence-corrected chi connectivity index (χ1v) is 7.20. The van der Waals surface area contributed by atoms with Gasteiger partial charge >= 0.3 is 11.7 Å².